The minimum Gasteiger partial charge on any atom is -0.379 e. The van der Waals surface area contributed by atoms with Crippen LogP contribution in [0.3, 0.4) is 0 Å². The Morgan fingerprint density at radius 2 is 1.65 bits per heavy atom. The van der Waals surface area contributed by atoms with Gasteiger partial charge in [-0.15, -0.1) is 0 Å². The number of ether oxygens (including phenoxy) is 2. The molecule has 0 spiro atoms. The van der Waals surface area contributed by atoms with Crippen LogP contribution in [0.5, 0.6) is 0 Å². The van der Waals surface area contributed by atoms with Crippen molar-refractivity contribution in [2.24, 2.45) is 5.92 Å². The number of rotatable bonds is 13. The predicted molar refractivity (Wildman–Crippen MR) is 78.8 cm³/mol. The highest BCUT2D eigenvalue weighted by atomic mass is 28.2. The molecule has 0 aliphatic heterocycles. The number of unbranched alkanes of at least 4 members (excludes halogenated alkanes) is 1. The van der Waals surface area contributed by atoms with E-state index in [-0.39, 0.29) is 9.52 Å². The van der Waals surface area contributed by atoms with Gasteiger partial charge in [0.1, 0.15) is 0 Å². The van der Waals surface area contributed by atoms with E-state index < -0.39 is 0 Å². The molecule has 0 aromatic heterocycles. The van der Waals surface area contributed by atoms with E-state index in [1.807, 2.05) is 0 Å². The van der Waals surface area contributed by atoms with E-state index in [0.717, 1.165) is 32.3 Å². The molecule has 0 amide bonds. The van der Waals surface area contributed by atoms with Gasteiger partial charge in [0.2, 0.25) is 0 Å². The third-order valence-corrected chi connectivity index (χ3v) is 4.28. The summed E-state index contributed by atoms with van der Waals surface area (Å²) < 4.78 is 11.1. The minimum absolute atomic E-state index is 0.239. The first-order valence-corrected chi connectivity index (χ1v) is 9.88. The van der Waals surface area contributed by atoms with E-state index in [1.54, 1.807) is 0 Å². The molecule has 0 N–H and O–H groups in total. The van der Waals surface area contributed by atoms with Gasteiger partial charge in [-0.1, -0.05) is 45.7 Å². The molecule has 0 bridgehead atoms. The Labute approximate surface area is 110 Å². The zero-order valence-electron chi connectivity index (χ0n) is 12.2. The summed E-state index contributed by atoms with van der Waals surface area (Å²) in [6.07, 6.45) is 6.44. The van der Waals surface area contributed by atoms with Crippen molar-refractivity contribution in [1.29, 1.82) is 0 Å². The summed E-state index contributed by atoms with van der Waals surface area (Å²) >= 11 is 0. The van der Waals surface area contributed by atoms with Crippen molar-refractivity contribution in [3.05, 3.63) is 0 Å². The molecule has 104 valence electrons. The van der Waals surface area contributed by atoms with Crippen molar-refractivity contribution in [2.75, 3.05) is 26.4 Å². The van der Waals surface area contributed by atoms with Gasteiger partial charge in [-0.25, -0.2) is 0 Å². The Kier molecular flexibility index (Phi) is 14.3. The van der Waals surface area contributed by atoms with Crippen LogP contribution in [0.15, 0.2) is 0 Å². The van der Waals surface area contributed by atoms with Gasteiger partial charge in [0, 0.05) is 22.7 Å². The molecular weight excluding hydrogens is 228 g/mol. The largest absolute Gasteiger partial charge is 0.379 e. The van der Waals surface area contributed by atoms with Crippen LogP contribution in [0.2, 0.25) is 12.6 Å². The third-order valence-electron chi connectivity index (χ3n) is 3.07. The maximum absolute atomic E-state index is 5.57. The highest BCUT2D eigenvalue weighted by Gasteiger charge is 2.00. The van der Waals surface area contributed by atoms with Crippen LogP contribution in [0.4, 0.5) is 0 Å². The van der Waals surface area contributed by atoms with Crippen LogP contribution in [-0.2, 0) is 9.47 Å². The molecule has 0 aliphatic carbocycles. The zero-order chi connectivity index (χ0) is 12.8. The lowest BCUT2D eigenvalue weighted by Crippen LogP contribution is -2.08. The van der Waals surface area contributed by atoms with Gasteiger partial charge in [0.25, 0.3) is 0 Å². The van der Waals surface area contributed by atoms with Crippen molar-refractivity contribution in [2.45, 2.75) is 58.5 Å². The maximum Gasteiger partial charge on any atom is 0.0700 e. The first-order valence-electron chi connectivity index (χ1n) is 7.46. The van der Waals surface area contributed by atoms with Crippen LogP contribution in [-0.4, -0.2) is 35.9 Å². The maximum atomic E-state index is 5.57. The van der Waals surface area contributed by atoms with Crippen molar-refractivity contribution < 1.29 is 9.47 Å². The Hall–Kier alpha value is 0.137. The number of hydrogen-bond donors (Lipinski definition) is 0. The number of hydrogen-bond acceptors (Lipinski definition) is 2. The summed E-state index contributed by atoms with van der Waals surface area (Å²) in [6, 6.07) is 1.41. The van der Waals surface area contributed by atoms with Gasteiger partial charge in [-0.3, -0.25) is 0 Å². The molecule has 0 fully saturated rings. The lowest BCUT2D eigenvalue weighted by Gasteiger charge is -2.11. The monoisotopic (exact) mass is 260 g/mol. The normalized spacial score (nSPS) is 13.6. The molecule has 17 heavy (non-hydrogen) atoms. The fourth-order valence-corrected chi connectivity index (χ4v) is 2.46. The SMILES string of the molecule is CCCCC(C)CCOCCOCCC[SiH2]C. The van der Waals surface area contributed by atoms with Gasteiger partial charge in [-0.05, 0) is 18.8 Å². The van der Waals surface area contributed by atoms with Crippen LogP contribution >= 0.6 is 0 Å². The minimum atomic E-state index is 0.239. The average Bonchev–Trinajstić information content (AvgIpc) is 2.34. The highest BCUT2D eigenvalue weighted by molar-refractivity contribution is 6.33. The van der Waals surface area contributed by atoms with Gasteiger partial charge in [0.05, 0.1) is 13.2 Å². The zero-order valence-corrected chi connectivity index (χ0v) is 13.6. The lowest BCUT2D eigenvalue weighted by atomic mass is 10.0. The second-order valence-electron chi connectivity index (χ2n) is 4.97. The smallest absolute Gasteiger partial charge is 0.0700 e. The molecule has 0 aromatic rings. The first kappa shape index (κ1) is 17.1. The Morgan fingerprint density at radius 1 is 0.941 bits per heavy atom. The van der Waals surface area contributed by atoms with Gasteiger partial charge >= 0.3 is 0 Å². The second-order valence-corrected chi connectivity index (χ2v) is 6.68. The van der Waals surface area contributed by atoms with Crippen LogP contribution in [0.1, 0.15) is 46.0 Å². The molecule has 0 radical (unpaired) electrons. The molecule has 0 saturated carbocycles. The fourth-order valence-electron chi connectivity index (χ4n) is 1.76. The summed E-state index contributed by atoms with van der Waals surface area (Å²) in [6.45, 7) is 10.3. The van der Waals surface area contributed by atoms with Crippen molar-refractivity contribution in [3.63, 3.8) is 0 Å². The molecular formula is C14H32O2Si. The van der Waals surface area contributed by atoms with Gasteiger partial charge < -0.3 is 9.47 Å². The summed E-state index contributed by atoms with van der Waals surface area (Å²) in [4.78, 5) is 0. The first-order chi connectivity index (χ1) is 8.31. The van der Waals surface area contributed by atoms with E-state index in [0.29, 0.717) is 0 Å². The van der Waals surface area contributed by atoms with Crippen molar-refractivity contribution in [1.82, 2.24) is 0 Å². The Morgan fingerprint density at radius 3 is 2.29 bits per heavy atom. The van der Waals surface area contributed by atoms with E-state index in [9.17, 15) is 0 Å². The molecule has 0 saturated heterocycles. The molecule has 0 aromatic carbocycles. The molecule has 0 aliphatic rings. The third kappa shape index (κ3) is 14.1. The van der Waals surface area contributed by atoms with E-state index in [4.69, 9.17) is 9.47 Å². The van der Waals surface area contributed by atoms with Crippen LogP contribution < -0.4 is 0 Å². The second kappa shape index (κ2) is 14.2. The molecule has 3 heteroatoms. The van der Waals surface area contributed by atoms with Gasteiger partial charge in [0.15, 0.2) is 0 Å². The molecule has 0 rings (SSSR count). The van der Waals surface area contributed by atoms with Crippen LogP contribution in [0, 0.1) is 5.92 Å². The van der Waals surface area contributed by atoms with Crippen molar-refractivity contribution in [3.8, 4) is 0 Å². The fraction of sp³-hybridized carbons (Fsp3) is 1.00. The predicted octanol–water partition coefficient (Wildman–Crippen LogP) is 3.26. The molecule has 1 unspecified atom stereocenters. The van der Waals surface area contributed by atoms with Crippen molar-refractivity contribution >= 4 is 9.52 Å². The summed E-state index contributed by atoms with van der Waals surface area (Å²) in [5.41, 5.74) is 0. The standard InChI is InChI=1S/C14H32O2Si/c1-4-5-7-14(2)8-10-16-12-11-15-9-6-13-17-3/h14H,4-13,17H2,1-3H3. The Balaban J connectivity index is 3.02. The average molecular weight is 260 g/mol. The topological polar surface area (TPSA) is 18.5 Å². The lowest BCUT2D eigenvalue weighted by molar-refractivity contribution is 0.0433. The van der Waals surface area contributed by atoms with E-state index >= 15 is 0 Å². The molecule has 2 nitrogen and oxygen atoms in total. The highest BCUT2D eigenvalue weighted by Crippen LogP contribution is 2.11. The quantitative estimate of drug-likeness (QED) is 0.374. The molecule has 0 heterocycles. The van der Waals surface area contributed by atoms with Crippen LogP contribution in [0.25, 0.3) is 0 Å². The summed E-state index contributed by atoms with van der Waals surface area (Å²) in [5, 5.41) is 0. The van der Waals surface area contributed by atoms with E-state index in [2.05, 4.69) is 20.4 Å². The molecule has 1 atom stereocenters. The Bertz CT molecular complexity index is 142. The summed E-state index contributed by atoms with van der Waals surface area (Å²) in [5.74, 6) is 0.811. The van der Waals surface area contributed by atoms with E-state index in [1.165, 1.54) is 38.1 Å². The summed E-state index contributed by atoms with van der Waals surface area (Å²) in [7, 11) is 0.239. The van der Waals surface area contributed by atoms with Gasteiger partial charge in [-0.2, -0.15) is 0 Å².